The third-order valence-corrected chi connectivity index (χ3v) is 13.1. The van der Waals surface area contributed by atoms with Gasteiger partial charge in [-0.15, -0.1) is 5.10 Å². The van der Waals surface area contributed by atoms with Crippen LogP contribution in [-0.4, -0.2) is 194 Å². The van der Waals surface area contributed by atoms with Crippen molar-refractivity contribution in [3.05, 3.63) is 53.0 Å². The van der Waals surface area contributed by atoms with Crippen molar-refractivity contribution in [1.29, 1.82) is 0 Å². The van der Waals surface area contributed by atoms with Crippen LogP contribution in [0.5, 0.6) is 5.75 Å². The highest BCUT2D eigenvalue weighted by atomic mass is 35.5. The van der Waals surface area contributed by atoms with E-state index in [4.69, 9.17) is 68.5 Å². The number of nitrogens with zero attached hydrogens (tertiary/aromatic N) is 8. The first-order valence-electron chi connectivity index (χ1n) is 24.0. The number of carbonyl (C=O) groups is 2. The summed E-state index contributed by atoms with van der Waals surface area (Å²) in [5, 5.41) is 16.5. The Morgan fingerprint density at radius 1 is 0.824 bits per heavy atom. The Labute approximate surface area is 432 Å². The van der Waals surface area contributed by atoms with Crippen molar-refractivity contribution in [1.82, 2.24) is 40.1 Å². The molecule has 2 saturated heterocycles. The number of ether oxygens (including phenoxy) is 10. The lowest BCUT2D eigenvalue weighted by molar-refractivity contribution is -0.136. The average Bonchev–Trinajstić information content (AvgIpc) is 4.22. The van der Waals surface area contributed by atoms with E-state index in [1.165, 1.54) is 0 Å². The molecule has 2 aliphatic heterocycles. The van der Waals surface area contributed by atoms with E-state index in [1.807, 2.05) is 4.90 Å². The largest absolute Gasteiger partial charge is 0.420 e. The fraction of sp³-hybridized carbons (Fsp3) is 0.659. The molecule has 74 heavy (non-hydrogen) atoms. The lowest BCUT2D eigenvalue weighted by Gasteiger charge is -2.19. The number of nitrogens with one attached hydrogen (secondary N) is 1. The van der Waals surface area contributed by atoms with Crippen molar-refractivity contribution in [3.63, 3.8) is 0 Å². The quantitative estimate of drug-likeness (QED) is 0.0191. The first-order valence-corrected chi connectivity index (χ1v) is 26.9. The summed E-state index contributed by atoms with van der Waals surface area (Å²) in [7, 11) is -1.97. The summed E-state index contributed by atoms with van der Waals surface area (Å²) in [6.07, 6.45) is 4.82. The third kappa shape index (κ3) is 20.9. The van der Waals surface area contributed by atoms with Crippen molar-refractivity contribution >= 4 is 57.5 Å². The van der Waals surface area contributed by atoms with Gasteiger partial charge in [-0.25, -0.2) is 22.5 Å². The maximum atomic E-state index is 13.6. The Kier molecular flexibility index (Phi) is 26.7. The van der Waals surface area contributed by atoms with Crippen LogP contribution >= 0.6 is 28.8 Å². The van der Waals surface area contributed by atoms with E-state index in [2.05, 4.69) is 35.4 Å². The molecule has 1 aromatic carbocycles. The minimum atomic E-state index is -1.97. The van der Waals surface area contributed by atoms with Crippen molar-refractivity contribution < 1.29 is 84.4 Å². The molecule has 1 amide bonds. The first kappa shape index (κ1) is 59.4. The summed E-state index contributed by atoms with van der Waals surface area (Å²) in [5.41, 5.74) is 1.22. The number of hydrogen-bond acceptors (Lipinski definition) is 21. The molecule has 4 unspecified atom stereocenters. The summed E-state index contributed by atoms with van der Waals surface area (Å²) in [6.45, 7) is 7.41. The molecule has 0 saturated carbocycles. The molecule has 4 atom stereocenters. The zero-order valence-electron chi connectivity index (χ0n) is 40.7. The fourth-order valence-corrected chi connectivity index (χ4v) is 8.65. The lowest BCUT2D eigenvalue weighted by Crippen LogP contribution is -2.35. The van der Waals surface area contributed by atoms with E-state index in [0.717, 1.165) is 6.42 Å². The van der Waals surface area contributed by atoms with Gasteiger partial charge in [0, 0.05) is 40.6 Å². The second-order valence-corrected chi connectivity index (χ2v) is 19.3. The minimum absolute atomic E-state index is 0.00404. The molecule has 0 bridgehead atoms. The van der Waals surface area contributed by atoms with Crippen LogP contribution in [0.4, 0.5) is 19.0 Å². The number of anilines is 1. The van der Waals surface area contributed by atoms with E-state index < -0.39 is 37.5 Å². The van der Waals surface area contributed by atoms with E-state index in [9.17, 15) is 22.8 Å². The Morgan fingerprint density at radius 2 is 1.46 bits per heavy atom. The highest BCUT2D eigenvalue weighted by Crippen LogP contribution is 2.37. The molecular formula is C44H63ClF3N9O15P2. The van der Waals surface area contributed by atoms with Crippen LogP contribution in [0.2, 0.25) is 5.28 Å². The van der Waals surface area contributed by atoms with Crippen molar-refractivity contribution in [2.24, 2.45) is 5.92 Å². The summed E-state index contributed by atoms with van der Waals surface area (Å²) in [5.74, 6) is -5.08. The molecule has 4 aromatic rings. The molecule has 3 aromatic heterocycles. The van der Waals surface area contributed by atoms with Crippen LogP contribution in [0.25, 0.3) is 11.0 Å². The summed E-state index contributed by atoms with van der Waals surface area (Å²) < 4.78 is 104. The van der Waals surface area contributed by atoms with Crippen LogP contribution in [0.15, 0.2) is 24.5 Å². The van der Waals surface area contributed by atoms with Gasteiger partial charge in [0.25, 0.3) is 0 Å². The standard InChI is InChI=1S/C44H63ClF3N9O15P2/c45-44-51-41(35-25-50-57(42(35)52-44)38-2-1-34(71-38)29-70-73-30-74(60)61)55-6-3-31(26-55)43(59)49-5-9-63-12-15-66-19-20-68-21-22-69-28-33-27-56(54-53-33)7-10-64-13-16-67-18-17-65-14-11-62-8-4-39(58)72-40-36(47)23-32(46)24-37(40)48/h23-25,27,31,34,38,60-61,73H,1-22,26,28-30H2,(H,49,59). The summed E-state index contributed by atoms with van der Waals surface area (Å²) >= 11 is 6.38. The Morgan fingerprint density at radius 3 is 2.14 bits per heavy atom. The fourth-order valence-electron chi connectivity index (χ4n) is 7.36. The predicted molar refractivity (Wildman–Crippen MR) is 259 cm³/mol. The van der Waals surface area contributed by atoms with E-state index in [-0.39, 0.29) is 77.0 Å². The smallest absolute Gasteiger partial charge is 0.313 e. The molecule has 2 aliphatic rings. The first-order chi connectivity index (χ1) is 36.0. The normalized spacial score (nSPS) is 17.0. The molecule has 0 spiro atoms. The molecule has 6 rings (SSSR count). The van der Waals surface area contributed by atoms with Crippen LogP contribution < -0.4 is 15.0 Å². The molecular weight excluding hydrogens is 1050 g/mol. The molecule has 3 N–H and O–H groups in total. The van der Waals surface area contributed by atoms with Crippen LogP contribution in [0.1, 0.15) is 37.6 Å². The van der Waals surface area contributed by atoms with Crippen LogP contribution in [0.3, 0.4) is 0 Å². The third-order valence-electron chi connectivity index (χ3n) is 10.9. The molecule has 2 fully saturated rings. The highest BCUT2D eigenvalue weighted by molar-refractivity contribution is 7.58. The number of halogens is 4. The predicted octanol–water partition coefficient (Wildman–Crippen LogP) is 3.30. The molecule has 5 heterocycles. The van der Waals surface area contributed by atoms with Gasteiger partial charge in [0.2, 0.25) is 16.9 Å². The maximum absolute atomic E-state index is 13.6. The topological polar surface area (TPSA) is 266 Å². The van der Waals surface area contributed by atoms with Gasteiger partial charge in [-0.2, -0.15) is 15.1 Å². The van der Waals surface area contributed by atoms with Crippen LogP contribution in [-0.2, 0) is 69.9 Å². The SMILES string of the molecule is O=C(CCOCCOCCOCCOCCn1cc(COCCOCCOCCOCCNC(=O)C2CCN(c3nc(Cl)nc4c3cnn4C3CCC(COPCP(O)O)O3)C2)nn1)Oc1c(F)cc(F)cc1F. The number of fused-ring (bicyclic) bond motifs is 1. The number of aromatic nitrogens is 7. The van der Waals surface area contributed by atoms with Gasteiger partial charge in [-0.1, -0.05) is 5.21 Å². The highest BCUT2D eigenvalue weighted by Gasteiger charge is 2.33. The van der Waals surface area contributed by atoms with E-state index in [1.54, 1.807) is 21.8 Å². The second-order valence-electron chi connectivity index (χ2n) is 16.4. The maximum Gasteiger partial charge on any atom is 0.313 e. The number of esters is 1. The molecule has 24 nitrogen and oxygen atoms in total. The second kappa shape index (κ2) is 33.3. The molecule has 412 valence electrons. The molecule has 0 aliphatic carbocycles. The van der Waals surface area contributed by atoms with Gasteiger partial charge >= 0.3 is 5.97 Å². The number of rotatable bonds is 38. The molecule has 0 radical (unpaired) electrons. The Balaban J connectivity index is 0.681. The Bertz CT molecular complexity index is 2280. The van der Waals surface area contributed by atoms with Gasteiger partial charge in [-0.05, 0) is 30.9 Å². The molecule has 30 heteroatoms. The van der Waals surface area contributed by atoms with Gasteiger partial charge < -0.3 is 71.9 Å². The van der Waals surface area contributed by atoms with Gasteiger partial charge in [0.15, 0.2) is 31.9 Å². The van der Waals surface area contributed by atoms with Crippen molar-refractivity contribution in [3.8, 4) is 5.75 Å². The van der Waals surface area contributed by atoms with Crippen LogP contribution in [0, 0.1) is 23.4 Å². The number of benzene rings is 1. The minimum Gasteiger partial charge on any atom is -0.420 e. The number of amides is 1. The summed E-state index contributed by atoms with van der Waals surface area (Å²) in [6, 6.07) is 0.840. The zero-order valence-corrected chi connectivity index (χ0v) is 43.3. The summed E-state index contributed by atoms with van der Waals surface area (Å²) in [4.78, 5) is 53.9. The van der Waals surface area contributed by atoms with E-state index >= 15 is 0 Å². The monoisotopic (exact) mass is 1110 g/mol. The zero-order chi connectivity index (χ0) is 52.3. The lowest BCUT2D eigenvalue weighted by atomic mass is 10.1. The van der Waals surface area contributed by atoms with Gasteiger partial charge in [0.05, 0.1) is 161 Å². The van der Waals surface area contributed by atoms with Crippen molar-refractivity contribution in [2.45, 2.75) is 51.2 Å². The van der Waals surface area contributed by atoms with E-state index in [0.29, 0.717) is 160 Å². The van der Waals surface area contributed by atoms with Gasteiger partial charge in [-0.3, -0.25) is 9.59 Å². The average molecular weight is 1110 g/mol. The number of hydrogen-bond donors (Lipinski definition) is 3. The van der Waals surface area contributed by atoms with Crippen molar-refractivity contribution in [2.75, 3.05) is 136 Å². The van der Waals surface area contributed by atoms with Gasteiger partial charge in [0.1, 0.15) is 17.3 Å². The number of carbonyl (C=O) groups excluding carboxylic acids is 2. The Hall–Kier alpha value is -3.89.